The van der Waals surface area contributed by atoms with Crippen LogP contribution in [0.3, 0.4) is 0 Å². The van der Waals surface area contributed by atoms with E-state index >= 15 is 0 Å². The molecule has 0 aromatic carbocycles. The topological polar surface area (TPSA) is 48.8 Å². The third-order valence-corrected chi connectivity index (χ3v) is 4.07. The van der Waals surface area contributed by atoms with Gasteiger partial charge in [0.05, 0.1) is 18.9 Å². The largest absolute Gasteiger partial charge is 0.492 e. The smallest absolute Gasteiger partial charge is 0.137 e. The van der Waals surface area contributed by atoms with Crippen LogP contribution >= 0.6 is 0 Å². The zero-order chi connectivity index (χ0) is 15.2. The summed E-state index contributed by atoms with van der Waals surface area (Å²) < 4.78 is 5.58. The molecule has 21 heavy (non-hydrogen) atoms. The molecule has 5 nitrogen and oxygen atoms in total. The number of aromatic nitrogens is 1. The number of aliphatic hydroxyl groups is 1. The van der Waals surface area contributed by atoms with E-state index in [1.54, 1.807) is 12.4 Å². The van der Waals surface area contributed by atoms with Crippen molar-refractivity contribution < 1.29 is 9.84 Å². The van der Waals surface area contributed by atoms with Gasteiger partial charge in [-0.3, -0.25) is 4.98 Å². The highest BCUT2D eigenvalue weighted by molar-refractivity contribution is 5.25. The van der Waals surface area contributed by atoms with Gasteiger partial charge in [-0.1, -0.05) is 6.92 Å². The number of pyridine rings is 1. The summed E-state index contributed by atoms with van der Waals surface area (Å²) in [7, 11) is 4.26. The Balaban J connectivity index is 1.97. The number of aliphatic hydroxyl groups excluding tert-OH is 1. The minimum Gasteiger partial charge on any atom is -0.492 e. The van der Waals surface area contributed by atoms with E-state index in [0.717, 1.165) is 43.8 Å². The average molecular weight is 293 g/mol. The van der Waals surface area contributed by atoms with E-state index in [4.69, 9.17) is 4.74 Å². The fourth-order valence-corrected chi connectivity index (χ4v) is 2.67. The van der Waals surface area contributed by atoms with Gasteiger partial charge in [-0.2, -0.15) is 0 Å². The Morgan fingerprint density at radius 2 is 2.19 bits per heavy atom. The molecule has 2 unspecified atom stereocenters. The maximum atomic E-state index is 10.5. The third-order valence-electron chi connectivity index (χ3n) is 4.07. The fraction of sp³-hybridized carbons (Fsp3) is 0.688. The third kappa shape index (κ3) is 4.66. The van der Waals surface area contributed by atoms with Gasteiger partial charge in [0, 0.05) is 37.4 Å². The van der Waals surface area contributed by atoms with Crippen LogP contribution in [0.25, 0.3) is 0 Å². The van der Waals surface area contributed by atoms with Gasteiger partial charge in [-0.05, 0) is 33.0 Å². The van der Waals surface area contributed by atoms with E-state index in [2.05, 4.69) is 35.8 Å². The van der Waals surface area contributed by atoms with E-state index in [0.29, 0.717) is 12.6 Å². The van der Waals surface area contributed by atoms with Crippen molar-refractivity contribution in [2.75, 3.05) is 40.3 Å². The Kier molecular flexibility index (Phi) is 5.96. The van der Waals surface area contributed by atoms with Crippen molar-refractivity contribution >= 4 is 0 Å². The number of ether oxygens (including phenoxy) is 1. The van der Waals surface area contributed by atoms with E-state index in [1.807, 2.05) is 6.07 Å². The van der Waals surface area contributed by atoms with Gasteiger partial charge in [-0.15, -0.1) is 0 Å². The number of piperazine rings is 1. The van der Waals surface area contributed by atoms with Gasteiger partial charge in [0.2, 0.25) is 0 Å². The highest BCUT2D eigenvalue weighted by Gasteiger charge is 2.25. The summed E-state index contributed by atoms with van der Waals surface area (Å²) in [6.45, 7) is 5.88. The molecule has 1 aromatic heterocycles. The van der Waals surface area contributed by atoms with Gasteiger partial charge in [0.15, 0.2) is 0 Å². The number of nitrogens with zero attached hydrogens (tertiary/aromatic N) is 3. The Labute approximate surface area is 127 Å². The number of likely N-dealkylation sites (N-methyl/N-ethyl adjacent to an activating group) is 2. The summed E-state index contributed by atoms with van der Waals surface area (Å²) >= 11 is 0. The van der Waals surface area contributed by atoms with Crippen LogP contribution in [-0.2, 0) is 0 Å². The second-order valence-electron chi connectivity index (χ2n) is 5.95. The van der Waals surface area contributed by atoms with Crippen LogP contribution in [0.15, 0.2) is 18.5 Å². The Morgan fingerprint density at radius 1 is 1.38 bits per heavy atom. The van der Waals surface area contributed by atoms with Crippen molar-refractivity contribution in [2.45, 2.75) is 31.9 Å². The number of hydrogen-bond acceptors (Lipinski definition) is 5. The molecule has 1 fully saturated rings. The molecule has 2 atom stereocenters. The van der Waals surface area contributed by atoms with Crippen LogP contribution in [0, 0.1) is 0 Å². The molecule has 1 N–H and O–H groups in total. The Bertz CT molecular complexity index is 441. The maximum Gasteiger partial charge on any atom is 0.137 e. The standard InChI is InChI=1S/C16H27N3O2/c1-4-7-21-15-8-13(10-17-11-15)16(20)9-14-12-18(2)5-6-19(14)3/h8,10-11,14,16,20H,4-7,9,12H2,1-3H3. The second kappa shape index (κ2) is 7.73. The van der Waals surface area contributed by atoms with Crippen LogP contribution < -0.4 is 4.74 Å². The van der Waals surface area contributed by atoms with Crippen LogP contribution in [0.2, 0.25) is 0 Å². The number of hydrogen-bond donors (Lipinski definition) is 1. The van der Waals surface area contributed by atoms with Gasteiger partial charge >= 0.3 is 0 Å². The molecule has 1 saturated heterocycles. The van der Waals surface area contributed by atoms with Crippen molar-refractivity contribution in [1.82, 2.24) is 14.8 Å². The molecule has 0 radical (unpaired) electrons. The zero-order valence-corrected chi connectivity index (χ0v) is 13.3. The molecular weight excluding hydrogens is 266 g/mol. The maximum absolute atomic E-state index is 10.5. The molecule has 0 aliphatic carbocycles. The molecule has 5 heteroatoms. The lowest BCUT2D eigenvalue weighted by molar-refractivity contribution is 0.0632. The second-order valence-corrected chi connectivity index (χ2v) is 5.95. The van der Waals surface area contributed by atoms with E-state index in [9.17, 15) is 5.11 Å². The zero-order valence-electron chi connectivity index (χ0n) is 13.3. The molecule has 0 saturated carbocycles. The molecule has 0 bridgehead atoms. The lowest BCUT2D eigenvalue weighted by Gasteiger charge is -2.38. The minimum absolute atomic E-state index is 0.374. The van der Waals surface area contributed by atoms with Crippen molar-refractivity contribution in [3.63, 3.8) is 0 Å². The summed E-state index contributed by atoms with van der Waals surface area (Å²) in [5.41, 5.74) is 0.838. The van der Waals surface area contributed by atoms with Crippen molar-refractivity contribution in [3.05, 3.63) is 24.0 Å². The van der Waals surface area contributed by atoms with Crippen molar-refractivity contribution in [1.29, 1.82) is 0 Å². The molecule has 1 aliphatic heterocycles. The molecular formula is C16H27N3O2. The van der Waals surface area contributed by atoms with E-state index in [1.165, 1.54) is 0 Å². The van der Waals surface area contributed by atoms with Gasteiger partial charge < -0.3 is 19.6 Å². The first-order valence-electron chi connectivity index (χ1n) is 7.74. The first-order chi connectivity index (χ1) is 10.1. The van der Waals surface area contributed by atoms with Crippen LogP contribution in [0.1, 0.15) is 31.4 Å². The van der Waals surface area contributed by atoms with Crippen LogP contribution in [-0.4, -0.2) is 66.3 Å². The molecule has 0 spiro atoms. The van der Waals surface area contributed by atoms with E-state index < -0.39 is 6.10 Å². The molecule has 1 aliphatic rings. The highest BCUT2D eigenvalue weighted by atomic mass is 16.5. The Morgan fingerprint density at radius 3 is 2.95 bits per heavy atom. The predicted octanol–water partition coefficient (Wildman–Crippen LogP) is 1.54. The Hall–Kier alpha value is -1.17. The molecule has 2 rings (SSSR count). The summed E-state index contributed by atoms with van der Waals surface area (Å²) in [6.07, 6.45) is 4.62. The average Bonchev–Trinajstić information content (AvgIpc) is 2.49. The van der Waals surface area contributed by atoms with Crippen molar-refractivity contribution in [3.8, 4) is 5.75 Å². The molecule has 2 heterocycles. The highest BCUT2D eigenvalue weighted by Crippen LogP contribution is 2.24. The fourth-order valence-electron chi connectivity index (χ4n) is 2.67. The first kappa shape index (κ1) is 16.2. The summed E-state index contributed by atoms with van der Waals surface area (Å²) in [4.78, 5) is 8.82. The molecule has 118 valence electrons. The number of rotatable bonds is 6. The summed E-state index contributed by atoms with van der Waals surface area (Å²) in [5, 5.41) is 10.5. The predicted molar refractivity (Wildman–Crippen MR) is 83.5 cm³/mol. The first-order valence-corrected chi connectivity index (χ1v) is 7.74. The quantitative estimate of drug-likeness (QED) is 0.862. The SMILES string of the molecule is CCCOc1cncc(C(O)CC2CN(C)CCN2C)c1. The van der Waals surface area contributed by atoms with E-state index in [-0.39, 0.29) is 0 Å². The molecule has 0 amide bonds. The van der Waals surface area contributed by atoms with Crippen LogP contribution in [0.5, 0.6) is 5.75 Å². The van der Waals surface area contributed by atoms with Gasteiger partial charge in [0.1, 0.15) is 5.75 Å². The summed E-state index contributed by atoms with van der Waals surface area (Å²) in [6, 6.07) is 2.28. The van der Waals surface area contributed by atoms with Crippen LogP contribution in [0.4, 0.5) is 0 Å². The summed E-state index contributed by atoms with van der Waals surface area (Å²) in [5.74, 6) is 0.738. The van der Waals surface area contributed by atoms with Gasteiger partial charge in [0.25, 0.3) is 0 Å². The monoisotopic (exact) mass is 293 g/mol. The lowest BCUT2D eigenvalue weighted by Crippen LogP contribution is -2.50. The van der Waals surface area contributed by atoms with Gasteiger partial charge in [-0.25, -0.2) is 0 Å². The normalized spacial score (nSPS) is 22.2. The molecule has 1 aromatic rings. The minimum atomic E-state index is -0.498. The lowest BCUT2D eigenvalue weighted by atomic mass is 10.0. The van der Waals surface area contributed by atoms with Crippen molar-refractivity contribution in [2.24, 2.45) is 0 Å².